The van der Waals surface area contributed by atoms with Crippen LogP contribution in [0.15, 0.2) is 18.2 Å². The first-order chi connectivity index (χ1) is 18.7. The van der Waals surface area contributed by atoms with E-state index in [9.17, 15) is 29.1 Å². The van der Waals surface area contributed by atoms with Gasteiger partial charge in [-0.1, -0.05) is 44.4 Å². The summed E-state index contributed by atoms with van der Waals surface area (Å²) in [5, 5.41) is 15.9. The van der Waals surface area contributed by atoms with Gasteiger partial charge in [0, 0.05) is 18.5 Å². The molecule has 1 rings (SSSR count). The molecule has 40 heavy (non-hydrogen) atoms. The molecule has 0 aliphatic rings. The summed E-state index contributed by atoms with van der Waals surface area (Å²) in [7, 11) is 1.17. The van der Waals surface area contributed by atoms with Crippen LogP contribution in [0.25, 0.3) is 0 Å². The smallest absolute Gasteiger partial charge is 0.408 e. The monoisotopic (exact) mass is 564 g/mol. The molecular weight excluding hydrogens is 520 g/mol. The highest BCUT2D eigenvalue weighted by molar-refractivity contribution is 5.94. The third-order valence-electron chi connectivity index (χ3n) is 5.96. The topological polar surface area (TPSA) is 177 Å². The zero-order chi connectivity index (χ0) is 30.5. The molecule has 0 bridgehead atoms. The van der Waals surface area contributed by atoms with E-state index in [-0.39, 0.29) is 30.7 Å². The second kappa shape index (κ2) is 16.3. The number of primary amides is 1. The second-order valence-corrected chi connectivity index (χ2v) is 10.5. The van der Waals surface area contributed by atoms with Gasteiger partial charge in [0.15, 0.2) is 0 Å². The number of nitrogens with two attached hydrogens (primary N) is 1. The number of phenols is 1. The molecule has 2 unspecified atom stereocenters. The van der Waals surface area contributed by atoms with Gasteiger partial charge in [-0.2, -0.15) is 0 Å². The van der Waals surface area contributed by atoms with Crippen molar-refractivity contribution in [3.8, 4) is 5.75 Å². The zero-order valence-corrected chi connectivity index (χ0v) is 24.4. The van der Waals surface area contributed by atoms with Crippen LogP contribution in [-0.2, 0) is 28.7 Å². The number of unbranched alkanes of at least 4 members (excludes halogenated alkanes) is 3. The number of amides is 4. The lowest BCUT2D eigenvalue weighted by molar-refractivity contribution is -0.145. The summed E-state index contributed by atoms with van der Waals surface area (Å²) in [5.41, 5.74) is 5.08. The standard InChI is InChI=1S/C28H44N4O8/c1-7-8-9-10-16-32(26(37)20(14-15-21(29)33)31-27(38)40-28(3,4)5)23(25(36)30-17-22(34)39-6)19-13-11-12-18(2)24(19)35/h11-13,20,23,35H,7-10,14-17H2,1-6H3,(H2,29,33)(H,30,36)(H,31,38). The molecule has 0 saturated heterocycles. The Morgan fingerprint density at radius 3 is 2.35 bits per heavy atom. The van der Waals surface area contributed by atoms with Gasteiger partial charge >= 0.3 is 12.1 Å². The van der Waals surface area contributed by atoms with E-state index in [0.29, 0.717) is 12.0 Å². The number of alkyl carbamates (subject to hydrolysis) is 1. The molecule has 0 fully saturated rings. The van der Waals surface area contributed by atoms with Gasteiger partial charge in [0.2, 0.25) is 17.7 Å². The summed E-state index contributed by atoms with van der Waals surface area (Å²) < 4.78 is 9.93. The lowest BCUT2D eigenvalue weighted by atomic mass is 9.98. The molecule has 4 amide bonds. The molecule has 0 radical (unpaired) electrons. The average Bonchev–Trinajstić information content (AvgIpc) is 2.87. The third kappa shape index (κ3) is 11.5. The molecule has 2 atom stereocenters. The highest BCUT2D eigenvalue weighted by atomic mass is 16.6. The van der Waals surface area contributed by atoms with E-state index >= 15 is 0 Å². The maximum absolute atomic E-state index is 14.1. The molecule has 12 heteroatoms. The molecular formula is C28H44N4O8. The molecule has 1 aromatic carbocycles. The highest BCUT2D eigenvalue weighted by Crippen LogP contribution is 2.32. The van der Waals surface area contributed by atoms with Gasteiger partial charge in [-0.05, 0) is 46.1 Å². The number of nitrogens with zero attached hydrogens (tertiary/aromatic N) is 1. The van der Waals surface area contributed by atoms with Crippen LogP contribution < -0.4 is 16.4 Å². The lowest BCUT2D eigenvalue weighted by Crippen LogP contribution is -2.53. The maximum Gasteiger partial charge on any atom is 0.408 e. The summed E-state index contributed by atoms with van der Waals surface area (Å²) in [5.74, 6) is -2.99. The lowest BCUT2D eigenvalue weighted by Gasteiger charge is -2.35. The molecule has 0 heterocycles. The third-order valence-corrected chi connectivity index (χ3v) is 5.96. The minimum atomic E-state index is -1.37. The normalized spacial score (nSPS) is 12.6. The Balaban J connectivity index is 3.59. The molecule has 0 spiro atoms. The van der Waals surface area contributed by atoms with Crippen molar-refractivity contribution in [2.24, 2.45) is 5.73 Å². The van der Waals surface area contributed by atoms with E-state index < -0.39 is 54.0 Å². The first-order valence-corrected chi connectivity index (χ1v) is 13.4. The van der Waals surface area contributed by atoms with Crippen molar-refractivity contribution in [1.29, 1.82) is 0 Å². The number of aryl methyl sites for hydroxylation is 1. The van der Waals surface area contributed by atoms with Crippen molar-refractivity contribution in [1.82, 2.24) is 15.5 Å². The van der Waals surface area contributed by atoms with Crippen molar-refractivity contribution in [2.75, 3.05) is 20.2 Å². The highest BCUT2D eigenvalue weighted by Gasteiger charge is 2.37. The maximum atomic E-state index is 14.1. The van der Waals surface area contributed by atoms with E-state index in [1.807, 2.05) is 6.92 Å². The van der Waals surface area contributed by atoms with E-state index in [0.717, 1.165) is 19.3 Å². The SMILES string of the molecule is CCCCCCN(C(=O)C(CCC(N)=O)NC(=O)OC(C)(C)C)C(C(=O)NCC(=O)OC)c1cccc(C)c1O. The number of phenolic OH excluding ortho intramolecular Hbond substituents is 1. The van der Waals surface area contributed by atoms with E-state index in [2.05, 4.69) is 15.4 Å². The average molecular weight is 565 g/mol. The molecule has 0 aromatic heterocycles. The van der Waals surface area contributed by atoms with Crippen LogP contribution in [0, 0.1) is 6.92 Å². The van der Waals surface area contributed by atoms with Gasteiger partial charge in [0.1, 0.15) is 30.0 Å². The molecule has 0 aliphatic carbocycles. The Hall–Kier alpha value is -3.83. The van der Waals surface area contributed by atoms with Crippen LogP contribution in [-0.4, -0.2) is 71.6 Å². The Morgan fingerprint density at radius 1 is 1.10 bits per heavy atom. The van der Waals surface area contributed by atoms with Gasteiger partial charge < -0.3 is 35.8 Å². The number of nitrogens with one attached hydrogen (secondary N) is 2. The number of hydrogen-bond donors (Lipinski definition) is 4. The zero-order valence-electron chi connectivity index (χ0n) is 24.4. The fourth-order valence-electron chi connectivity index (χ4n) is 3.95. The van der Waals surface area contributed by atoms with Gasteiger partial charge in [0.05, 0.1) is 7.11 Å². The van der Waals surface area contributed by atoms with Crippen molar-refractivity contribution in [2.45, 2.75) is 90.8 Å². The van der Waals surface area contributed by atoms with Gasteiger partial charge in [-0.15, -0.1) is 0 Å². The van der Waals surface area contributed by atoms with Gasteiger partial charge in [-0.3, -0.25) is 19.2 Å². The Morgan fingerprint density at radius 2 is 1.77 bits per heavy atom. The van der Waals surface area contributed by atoms with Gasteiger partial charge in [0.25, 0.3) is 0 Å². The van der Waals surface area contributed by atoms with Crippen LogP contribution >= 0.6 is 0 Å². The first-order valence-electron chi connectivity index (χ1n) is 13.4. The summed E-state index contributed by atoms with van der Waals surface area (Å²) in [4.78, 5) is 64.9. The van der Waals surface area contributed by atoms with E-state index in [4.69, 9.17) is 10.5 Å². The molecule has 224 valence electrons. The van der Waals surface area contributed by atoms with Crippen LogP contribution in [0.3, 0.4) is 0 Å². The first kappa shape index (κ1) is 34.2. The van der Waals surface area contributed by atoms with E-state index in [1.165, 1.54) is 18.1 Å². The number of hydrogen-bond acceptors (Lipinski definition) is 8. The Labute approximate surface area is 235 Å². The minimum absolute atomic E-state index is 0.0889. The number of para-hydroxylation sites is 1. The summed E-state index contributed by atoms with van der Waals surface area (Å²) >= 11 is 0. The van der Waals surface area contributed by atoms with Crippen LogP contribution in [0.5, 0.6) is 5.75 Å². The van der Waals surface area contributed by atoms with Crippen molar-refractivity contribution in [3.05, 3.63) is 29.3 Å². The molecule has 0 saturated carbocycles. The number of rotatable bonds is 15. The van der Waals surface area contributed by atoms with Crippen LogP contribution in [0.2, 0.25) is 0 Å². The summed E-state index contributed by atoms with van der Waals surface area (Å²) in [6.45, 7) is 8.29. The number of carbonyl (C=O) groups is 5. The predicted molar refractivity (Wildman–Crippen MR) is 148 cm³/mol. The van der Waals surface area contributed by atoms with E-state index in [1.54, 1.807) is 39.8 Å². The molecule has 5 N–H and O–H groups in total. The van der Waals surface area contributed by atoms with Crippen molar-refractivity contribution in [3.63, 3.8) is 0 Å². The number of aromatic hydroxyl groups is 1. The number of benzene rings is 1. The molecule has 0 aliphatic heterocycles. The quantitative estimate of drug-likeness (QED) is 0.185. The summed E-state index contributed by atoms with van der Waals surface area (Å²) in [6.07, 6.45) is 1.84. The number of ether oxygens (including phenoxy) is 2. The fourth-order valence-corrected chi connectivity index (χ4v) is 3.95. The van der Waals surface area contributed by atoms with Gasteiger partial charge in [-0.25, -0.2) is 4.79 Å². The predicted octanol–water partition coefficient (Wildman–Crippen LogP) is 2.60. The molecule has 12 nitrogen and oxygen atoms in total. The largest absolute Gasteiger partial charge is 0.507 e. The molecule has 1 aromatic rings. The Kier molecular flexibility index (Phi) is 13.9. The Bertz CT molecular complexity index is 1040. The number of carbonyl (C=O) groups excluding carboxylic acids is 5. The fraction of sp³-hybridized carbons (Fsp3) is 0.607. The minimum Gasteiger partial charge on any atom is -0.507 e. The number of esters is 1. The van der Waals surface area contributed by atoms with Crippen LogP contribution in [0.1, 0.15) is 83.4 Å². The van der Waals surface area contributed by atoms with Crippen molar-refractivity contribution >= 4 is 29.8 Å². The van der Waals surface area contributed by atoms with Crippen molar-refractivity contribution < 1.29 is 38.6 Å². The summed E-state index contributed by atoms with van der Waals surface area (Å²) in [6, 6.07) is 2.16. The van der Waals surface area contributed by atoms with Crippen LogP contribution in [0.4, 0.5) is 4.79 Å². The second-order valence-electron chi connectivity index (χ2n) is 10.5. The number of methoxy groups -OCH3 is 1.